The number of carbonyl (C=O) groups is 2. The molecule has 0 aliphatic rings. The first-order chi connectivity index (χ1) is 16.1. The summed E-state index contributed by atoms with van der Waals surface area (Å²) in [4.78, 5) is 22.9. The van der Waals surface area contributed by atoms with Gasteiger partial charge in [0.2, 0.25) is 0 Å². The molecule has 196 valence electrons. The number of rotatable bonds is 26. The van der Waals surface area contributed by atoms with Crippen LogP contribution in [0.5, 0.6) is 0 Å². The normalized spacial score (nSPS) is 12.1. The standard InChI is InChI=1S/C29H56O4/c1-3-5-7-8-9-10-11-12-13-18-22-26-29(32)33-27(23-19-6-4-2)24-20-16-14-15-17-21-25-28(30)31/h27H,3-26H2,1-2H3,(H,30,31). The SMILES string of the molecule is CCCCCCCCCCCCCC(=O)OC(CCCCC)CCCCCCCCC(=O)O. The van der Waals surface area contributed by atoms with Crippen LogP contribution in [0, 0.1) is 0 Å². The minimum Gasteiger partial charge on any atom is -0.481 e. The lowest BCUT2D eigenvalue weighted by molar-refractivity contribution is -0.150. The number of carboxylic acid groups (broad SMARTS) is 1. The molecule has 0 saturated heterocycles. The number of carbonyl (C=O) groups excluding carboxylic acids is 1. The van der Waals surface area contributed by atoms with Crippen LogP contribution >= 0.6 is 0 Å². The summed E-state index contributed by atoms with van der Waals surface area (Å²) in [5, 5.41) is 8.68. The summed E-state index contributed by atoms with van der Waals surface area (Å²) >= 11 is 0. The molecule has 33 heavy (non-hydrogen) atoms. The zero-order valence-electron chi connectivity index (χ0n) is 22.2. The van der Waals surface area contributed by atoms with Crippen molar-refractivity contribution in [1.82, 2.24) is 0 Å². The molecule has 0 radical (unpaired) electrons. The minimum absolute atomic E-state index is 0.00101. The Morgan fingerprint density at radius 1 is 0.545 bits per heavy atom. The molecule has 0 aromatic rings. The third kappa shape index (κ3) is 25.4. The molecule has 4 nitrogen and oxygen atoms in total. The van der Waals surface area contributed by atoms with Gasteiger partial charge < -0.3 is 9.84 Å². The number of ether oxygens (including phenoxy) is 1. The second-order valence-electron chi connectivity index (χ2n) is 9.95. The van der Waals surface area contributed by atoms with Crippen molar-refractivity contribution >= 4 is 11.9 Å². The summed E-state index contributed by atoms with van der Waals surface area (Å²) in [6.45, 7) is 4.47. The van der Waals surface area contributed by atoms with Gasteiger partial charge in [-0.25, -0.2) is 0 Å². The first-order valence-corrected chi connectivity index (χ1v) is 14.5. The van der Waals surface area contributed by atoms with Crippen molar-refractivity contribution < 1.29 is 19.4 Å². The molecule has 0 aliphatic carbocycles. The maximum absolute atomic E-state index is 12.3. The van der Waals surface area contributed by atoms with E-state index in [0.717, 1.165) is 70.6 Å². The van der Waals surface area contributed by atoms with E-state index in [-0.39, 0.29) is 18.5 Å². The highest BCUT2D eigenvalue weighted by Gasteiger charge is 2.14. The Bertz CT molecular complexity index is 435. The fraction of sp³-hybridized carbons (Fsp3) is 0.931. The van der Waals surface area contributed by atoms with Crippen LogP contribution in [0.25, 0.3) is 0 Å². The number of carboxylic acids is 1. The van der Waals surface area contributed by atoms with Crippen LogP contribution in [0.15, 0.2) is 0 Å². The van der Waals surface area contributed by atoms with Gasteiger partial charge in [0.1, 0.15) is 6.10 Å². The molecule has 0 spiro atoms. The van der Waals surface area contributed by atoms with Gasteiger partial charge in [0, 0.05) is 12.8 Å². The number of aliphatic carboxylic acids is 1. The molecule has 0 aromatic carbocycles. The quantitative estimate of drug-likeness (QED) is 0.101. The summed E-state index contributed by atoms with van der Waals surface area (Å²) in [6.07, 6.45) is 27.0. The fourth-order valence-electron chi connectivity index (χ4n) is 4.42. The molecule has 4 heteroatoms. The van der Waals surface area contributed by atoms with Crippen LogP contribution in [-0.4, -0.2) is 23.1 Å². The maximum atomic E-state index is 12.3. The van der Waals surface area contributed by atoms with Gasteiger partial charge in [0.25, 0.3) is 0 Å². The lowest BCUT2D eigenvalue weighted by Crippen LogP contribution is -2.18. The van der Waals surface area contributed by atoms with Crippen LogP contribution in [0.1, 0.15) is 168 Å². The molecular weight excluding hydrogens is 412 g/mol. The van der Waals surface area contributed by atoms with E-state index < -0.39 is 5.97 Å². The molecule has 1 atom stereocenters. The largest absolute Gasteiger partial charge is 0.481 e. The van der Waals surface area contributed by atoms with Gasteiger partial charge in [-0.15, -0.1) is 0 Å². The van der Waals surface area contributed by atoms with Crippen LogP contribution in [0.3, 0.4) is 0 Å². The molecular formula is C29H56O4. The summed E-state index contributed by atoms with van der Waals surface area (Å²) in [7, 11) is 0. The van der Waals surface area contributed by atoms with Crippen LogP contribution in [0.2, 0.25) is 0 Å². The first kappa shape index (κ1) is 31.9. The summed E-state index contributed by atoms with van der Waals surface area (Å²) in [6, 6.07) is 0. The molecule has 0 fully saturated rings. The van der Waals surface area contributed by atoms with Gasteiger partial charge in [-0.1, -0.05) is 117 Å². The number of hydrogen-bond acceptors (Lipinski definition) is 3. The molecule has 0 amide bonds. The van der Waals surface area contributed by atoms with Crippen LogP contribution < -0.4 is 0 Å². The van der Waals surface area contributed by atoms with E-state index in [2.05, 4.69) is 13.8 Å². The number of unbranched alkanes of at least 4 members (excludes halogenated alkanes) is 17. The average Bonchev–Trinajstić information content (AvgIpc) is 2.79. The van der Waals surface area contributed by atoms with E-state index in [1.54, 1.807) is 0 Å². The van der Waals surface area contributed by atoms with Crippen molar-refractivity contribution in [2.24, 2.45) is 0 Å². The highest BCUT2D eigenvalue weighted by molar-refractivity contribution is 5.69. The highest BCUT2D eigenvalue weighted by Crippen LogP contribution is 2.18. The minimum atomic E-state index is -0.695. The average molecular weight is 469 g/mol. The zero-order chi connectivity index (χ0) is 24.4. The predicted octanol–water partition coefficient (Wildman–Crippen LogP) is 9.39. The van der Waals surface area contributed by atoms with Gasteiger partial charge in [-0.3, -0.25) is 9.59 Å². The molecule has 0 aliphatic heterocycles. The van der Waals surface area contributed by atoms with Gasteiger partial charge >= 0.3 is 11.9 Å². The van der Waals surface area contributed by atoms with E-state index in [1.807, 2.05) is 0 Å². The molecule has 0 rings (SSSR count). The van der Waals surface area contributed by atoms with E-state index in [0.29, 0.717) is 6.42 Å². The van der Waals surface area contributed by atoms with E-state index in [4.69, 9.17) is 9.84 Å². The van der Waals surface area contributed by atoms with E-state index >= 15 is 0 Å². The Morgan fingerprint density at radius 2 is 0.909 bits per heavy atom. The monoisotopic (exact) mass is 468 g/mol. The molecule has 0 bridgehead atoms. The topological polar surface area (TPSA) is 63.6 Å². The van der Waals surface area contributed by atoms with Gasteiger partial charge in [-0.2, -0.15) is 0 Å². The van der Waals surface area contributed by atoms with E-state index in [9.17, 15) is 9.59 Å². The summed E-state index contributed by atoms with van der Waals surface area (Å²) in [5.74, 6) is -0.694. The van der Waals surface area contributed by atoms with Crippen molar-refractivity contribution in [1.29, 1.82) is 0 Å². The van der Waals surface area contributed by atoms with Crippen molar-refractivity contribution in [3.05, 3.63) is 0 Å². The molecule has 0 saturated carbocycles. The Morgan fingerprint density at radius 3 is 1.39 bits per heavy atom. The second-order valence-corrected chi connectivity index (χ2v) is 9.95. The van der Waals surface area contributed by atoms with Crippen LogP contribution in [-0.2, 0) is 14.3 Å². The van der Waals surface area contributed by atoms with Gasteiger partial charge in [0.05, 0.1) is 0 Å². The van der Waals surface area contributed by atoms with Crippen molar-refractivity contribution in [3.8, 4) is 0 Å². The second kappa shape index (κ2) is 25.6. The Hall–Kier alpha value is -1.06. The number of hydrogen-bond donors (Lipinski definition) is 1. The molecule has 0 aromatic heterocycles. The Labute approximate surface area is 205 Å². The number of esters is 1. The van der Waals surface area contributed by atoms with Crippen molar-refractivity contribution in [2.75, 3.05) is 0 Å². The lowest BCUT2D eigenvalue weighted by Gasteiger charge is -2.18. The lowest BCUT2D eigenvalue weighted by atomic mass is 10.0. The summed E-state index contributed by atoms with van der Waals surface area (Å²) in [5.41, 5.74) is 0. The van der Waals surface area contributed by atoms with E-state index in [1.165, 1.54) is 70.6 Å². The first-order valence-electron chi connectivity index (χ1n) is 14.5. The van der Waals surface area contributed by atoms with Crippen LogP contribution in [0.4, 0.5) is 0 Å². The van der Waals surface area contributed by atoms with Crippen molar-refractivity contribution in [2.45, 2.75) is 174 Å². The zero-order valence-corrected chi connectivity index (χ0v) is 22.2. The third-order valence-corrected chi connectivity index (χ3v) is 6.58. The van der Waals surface area contributed by atoms with Gasteiger partial charge in [-0.05, 0) is 38.5 Å². The maximum Gasteiger partial charge on any atom is 0.306 e. The molecule has 1 unspecified atom stereocenters. The highest BCUT2D eigenvalue weighted by atomic mass is 16.5. The van der Waals surface area contributed by atoms with Gasteiger partial charge in [0.15, 0.2) is 0 Å². The smallest absolute Gasteiger partial charge is 0.306 e. The molecule has 0 heterocycles. The third-order valence-electron chi connectivity index (χ3n) is 6.58. The molecule has 1 N–H and O–H groups in total. The predicted molar refractivity (Wildman–Crippen MR) is 140 cm³/mol. The van der Waals surface area contributed by atoms with Crippen molar-refractivity contribution in [3.63, 3.8) is 0 Å². The summed E-state index contributed by atoms with van der Waals surface area (Å²) < 4.78 is 5.86. The Balaban J connectivity index is 3.79. The Kier molecular flexibility index (Phi) is 24.7. The fourth-order valence-corrected chi connectivity index (χ4v) is 4.42.